The standard InChI is InChI=1S/C12H14N6O/c1-7(2)19-11-9(8-5-14-15-6-8)3-4-10-16-12(13)17-18(10)11/h3-7H,1-2H3,(H2,13,17)(H,14,15). The lowest BCUT2D eigenvalue weighted by molar-refractivity contribution is 0.228. The number of nitrogens with one attached hydrogen (secondary N) is 1. The highest BCUT2D eigenvalue weighted by Crippen LogP contribution is 2.30. The van der Waals surface area contributed by atoms with Gasteiger partial charge in [0.15, 0.2) is 5.65 Å². The Morgan fingerprint density at radius 3 is 2.89 bits per heavy atom. The summed E-state index contributed by atoms with van der Waals surface area (Å²) in [5.74, 6) is 0.830. The zero-order valence-corrected chi connectivity index (χ0v) is 10.7. The maximum atomic E-state index is 5.86. The van der Waals surface area contributed by atoms with Gasteiger partial charge in [0.2, 0.25) is 11.8 Å². The summed E-state index contributed by atoms with van der Waals surface area (Å²) in [6, 6.07) is 3.77. The normalized spacial score (nSPS) is 11.3. The van der Waals surface area contributed by atoms with Crippen LogP contribution < -0.4 is 10.5 Å². The van der Waals surface area contributed by atoms with Gasteiger partial charge in [-0.3, -0.25) is 5.10 Å². The van der Waals surface area contributed by atoms with Gasteiger partial charge in [0.05, 0.1) is 12.3 Å². The van der Waals surface area contributed by atoms with E-state index in [2.05, 4.69) is 20.3 Å². The number of hydrogen-bond donors (Lipinski definition) is 2. The minimum atomic E-state index is 0.0154. The SMILES string of the molecule is CC(C)Oc1c(-c2cn[nH]c2)ccc2nc(N)nn12. The van der Waals surface area contributed by atoms with E-state index in [1.165, 1.54) is 0 Å². The summed E-state index contributed by atoms with van der Waals surface area (Å²) < 4.78 is 7.47. The average Bonchev–Trinajstić information content (AvgIpc) is 2.96. The summed E-state index contributed by atoms with van der Waals surface area (Å²) in [6.07, 6.45) is 3.55. The van der Waals surface area contributed by atoms with Crippen molar-refractivity contribution in [1.29, 1.82) is 0 Å². The molecule has 3 N–H and O–H groups in total. The van der Waals surface area contributed by atoms with Gasteiger partial charge in [-0.25, -0.2) is 0 Å². The fourth-order valence-corrected chi connectivity index (χ4v) is 1.90. The topological polar surface area (TPSA) is 94.1 Å². The van der Waals surface area contributed by atoms with E-state index < -0.39 is 0 Å². The summed E-state index contributed by atoms with van der Waals surface area (Å²) in [6.45, 7) is 3.91. The second-order valence-electron chi connectivity index (χ2n) is 4.45. The van der Waals surface area contributed by atoms with Crippen molar-refractivity contribution in [3.63, 3.8) is 0 Å². The molecule has 0 aliphatic rings. The number of nitrogen functional groups attached to an aromatic ring is 1. The molecular formula is C12H14N6O. The van der Waals surface area contributed by atoms with Gasteiger partial charge in [-0.2, -0.15) is 14.6 Å². The molecule has 0 fully saturated rings. The van der Waals surface area contributed by atoms with Gasteiger partial charge in [-0.05, 0) is 26.0 Å². The highest BCUT2D eigenvalue weighted by molar-refractivity contribution is 5.70. The van der Waals surface area contributed by atoms with Crippen LogP contribution in [0.25, 0.3) is 16.8 Å². The molecule has 0 saturated heterocycles. The first kappa shape index (κ1) is 11.5. The molecule has 0 aromatic carbocycles. The number of nitrogens with zero attached hydrogens (tertiary/aromatic N) is 4. The molecule has 7 nitrogen and oxygen atoms in total. The number of aromatic amines is 1. The molecule has 3 heterocycles. The molecule has 0 saturated carbocycles. The number of hydrogen-bond acceptors (Lipinski definition) is 5. The van der Waals surface area contributed by atoms with Crippen LogP contribution in [-0.4, -0.2) is 30.9 Å². The molecule has 3 rings (SSSR count). The van der Waals surface area contributed by atoms with Crippen LogP contribution in [0.5, 0.6) is 5.88 Å². The highest BCUT2D eigenvalue weighted by Gasteiger charge is 2.15. The number of H-pyrrole nitrogens is 1. The molecule has 0 aliphatic heterocycles. The number of pyridine rings is 1. The number of anilines is 1. The van der Waals surface area contributed by atoms with Crippen LogP contribution in [0.3, 0.4) is 0 Å². The first-order valence-corrected chi connectivity index (χ1v) is 5.96. The van der Waals surface area contributed by atoms with Crippen LogP contribution in [-0.2, 0) is 0 Å². The van der Waals surface area contributed by atoms with E-state index in [1.54, 1.807) is 16.9 Å². The van der Waals surface area contributed by atoms with Gasteiger partial charge >= 0.3 is 0 Å². The lowest BCUT2D eigenvalue weighted by Crippen LogP contribution is -2.10. The zero-order valence-electron chi connectivity index (χ0n) is 10.7. The number of aromatic nitrogens is 5. The van der Waals surface area contributed by atoms with Gasteiger partial charge in [0.25, 0.3) is 0 Å². The smallest absolute Gasteiger partial charge is 0.240 e. The quantitative estimate of drug-likeness (QED) is 0.742. The van der Waals surface area contributed by atoms with E-state index in [4.69, 9.17) is 10.5 Å². The Morgan fingerprint density at radius 2 is 2.21 bits per heavy atom. The number of ether oxygens (including phenoxy) is 1. The van der Waals surface area contributed by atoms with E-state index in [-0.39, 0.29) is 12.1 Å². The van der Waals surface area contributed by atoms with Gasteiger partial charge in [-0.15, -0.1) is 5.10 Å². The third-order valence-corrected chi connectivity index (χ3v) is 2.63. The van der Waals surface area contributed by atoms with Gasteiger partial charge in [-0.1, -0.05) is 0 Å². The number of fused-ring (bicyclic) bond motifs is 1. The molecular weight excluding hydrogens is 244 g/mol. The molecule has 98 valence electrons. The maximum Gasteiger partial charge on any atom is 0.240 e. The summed E-state index contributed by atoms with van der Waals surface area (Å²) in [5, 5.41) is 10.9. The van der Waals surface area contributed by atoms with Crippen molar-refractivity contribution in [2.24, 2.45) is 0 Å². The van der Waals surface area contributed by atoms with Crippen molar-refractivity contribution in [3.8, 4) is 17.0 Å². The Kier molecular flexibility index (Phi) is 2.59. The van der Waals surface area contributed by atoms with Gasteiger partial charge in [0.1, 0.15) is 0 Å². The molecule has 0 amide bonds. The van der Waals surface area contributed by atoms with E-state index in [0.29, 0.717) is 11.5 Å². The lowest BCUT2D eigenvalue weighted by atomic mass is 10.1. The van der Waals surface area contributed by atoms with Crippen molar-refractivity contribution < 1.29 is 4.74 Å². The predicted octanol–water partition coefficient (Wildman–Crippen LogP) is 1.49. The Bertz CT molecular complexity index is 700. The van der Waals surface area contributed by atoms with Crippen molar-refractivity contribution in [3.05, 3.63) is 24.5 Å². The van der Waals surface area contributed by atoms with Crippen molar-refractivity contribution in [2.45, 2.75) is 20.0 Å². The first-order chi connectivity index (χ1) is 9.15. The molecule has 0 aliphatic carbocycles. The fraction of sp³-hybridized carbons (Fsp3) is 0.250. The van der Waals surface area contributed by atoms with E-state index >= 15 is 0 Å². The summed E-state index contributed by atoms with van der Waals surface area (Å²) in [7, 11) is 0. The van der Waals surface area contributed by atoms with Crippen LogP contribution in [0, 0.1) is 0 Å². The summed E-state index contributed by atoms with van der Waals surface area (Å²) >= 11 is 0. The number of nitrogens with two attached hydrogens (primary N) is 1. The molecule has 3 aromatic heterocycles. The van der Waals surface area contributed by atoms with Gasteiger partial charge < -0.3 is 10.5 Å². The van der Waals surface area contributed by atoms with Crippen LogP contribution in [0.2, 0.25) is 0 Å². The predicted molar refractivity (Wildman–Crippen MR) is 70.7 cm³/mol. The Morgan fingerprint density at radius 1 is 1.37 bits per heavy atom. The zero-order chi connectivity index (χ0) is 13.4. The second kappa shape index (κ2) is 4.27. The van der Waals surface area contributed by atoms with E-state index in [1.807, 2.05) is 26.0 Å². The minimum absolute atomic E-state index is 0.0154. The molecule has 7 heteroatoms. The molecule has 3 aromatic rings. The van der Waals surface area contributed by atoms with Crippen LogP contribution >= 0.6 is 0 Å². The summed E-state index contributed by atoms with van der Waals surface area (Å²) in [5.41, 5.74) is 8.11. The molecule has 19 heavy (non-hydrogen) atoms. The van der Waals surface area contributed by atoms with E-state index in [0.717, 1.165) is 11.1 Å². The van der Waals surface area contributed by atoms with Crippen LogP contribution in [0.4, 0.5) is 5.95 Å². The van der Waals surface area contributed by atoms with Crippen LogP contribution in [0.1, 0.15) is 13.8 Å². The minimum Gasteiger partial charge on any atom is -0.474 e. The molecule has 0 spiro atoms. The van der Waals surface area contributed by atoms with Gasteiger partial charge in [0, 0.05) is 17.3 Å². The second-order valence-corrected chi connectivity index (χ2v) is 4.45. The Labute approximate surface area is 109 Å². The Hall–Kier alpha value is -2.57. The maximum absolute atomic E-state index is 5.86. The fourth-order valence-electron chi connectivity index (χ4n) is 1.90. The third kappa shape index (κ3) is 1.99. The monoisotopic (exact) mass is 258 g/mol. The van der Waals surface area contributed by atoms with Crippen molar-refractivity contribution >= 4 is 11.6 Å². The number of rotatable bonds is 3. The lowest BCUT2D eigenvalue weighted by Gasteiger charge is -2.14. The molecule has 0 atom stereocenters. The average molecular weight is 258 g/mol. The largest absolute Gasteiger partial charge is 0.474 e. The van der Waals surface area contributed by atoms with Crippen molar-refractivity contribution in [1.82, 2.24) is 24.8 Å². The van der Waals surface area contributed by atoms with E-state index in [9.17, 15) is 0 Å². The molecule has 0 unspecified atom stereocenters. The summed E-state index contributed by atoms with van der Waals surface area (Å²) in [4.78, 5) is 4.13. The molecule has 0 radical (unpaired) electrons. The van der Waals surface area contributed by atoms with Crippen LogP contribution in [0.15, 0.2) is 24.5 Å². The highest BCUT2D eigenvalue weighted by atomic mass is 16.5. The molecule has 0 bridgehead atoms. The Balaban J connectivity index is 2.26. The third-order valence-electron chi connectivity index (χ3n) is 2.63. The van der Waals surface area contributed by atoms with Crippen molar-refractivity contribution in [2.75, 3.05) is 5.73 Å². The first-order valence-electron chi connectivity index (χ1n) is 5.96.